The molecule has 7 rings (SSSR count). The zero-order chi connectivity index (χ0) is 22.7. The molecule has 6 aliphatic rings. The number of aromatic nitrogens is 1. The second-order valence-corrected chi connectivity index (χ2v) is 11.4. The molecule has 5 saturated carbocycles. The van der Waals surface area contributed by atoms with Gasteiger partial charge in [-0.05, 0) is 75.2 Å². The number of amides is 2. The van der Waals surface area contributed by atoms with Gasteiger partial charge in [0.05, 0.1) is 16.2 Å². The van der Waals surface area contributed by atoms with E-state index in [9.17, 15) is 14.7 Å². The van der Waals surface area contributed by atoms with Crippen molar-refractivity contribution in [1.82, 2.24) is 15.2 Å². The van der Waals surface area contributed by atoms with E-state index in [-0.39, 0.29) is 42.0 Å². The summed E-state index contributed by atoms with van der Waals surface area (Å²) in [6.07, 6.45) is 8.52. The molecule has 6 fully saturated rings. The van der Waals surface area contributed by atoms with Gasteiger partial charge in [0.1, 0.15) is 11.9 Å². The summed E-state index contributed by atoms with van der Waals surface area (Å²) in [7, 11) is 0. The largest absolute Gasteiger partial charge is 0.446 e. The highest BCUT2D eigenvalue weighted by Crippen LogP contribution is 2.56. The predicted molar refractivity (Wildman–Crippen MR) is 122 cm³/mol. The molecule has 1 aromatic heterocycles. The number of ether oxygens (including phenoxy) is 1. The summed E-state index contributed by atoms with van der Waals surface area (Å²) in [6, 6.07) is 1.86. The number of anilines is 1. The Labute approximate surface area is 198 Å². The van der Waals surface area contributed by atoms with Crippen LogP contribution in [0.1, 0.15) is 61.7 Å². The molecule has 6 atom stereocenters. The van der Waals surface area contributed by atoms with Crippen molar-refractivity contribution in [2.45, 2.75) is 75.2 Å². The fraction of sp³-hybridized carbons (Fsp3) is 0.708. The van der Waals surface area contributed by atoms with Gasteiger partial charge in [0, 0.05) is 31.4 Å². The van der Waals surface area contributed by atoms with E-state index in [0.717, 1.165) is 51.4 Å². The van der Waals surface area contributed by atoms with E-state index in [1.165, 1.54) is 6.20 Å². The van der Waals surface area contributed by atoms with Crippen molar-refractivity contribution >= 4 is 29.4 Å². The Balaban J connectivity index is 1.07. The zero-order valence-corrected chi connectivity index (χ0v) is 19.4. The standard InChI is InChI=1S/C24H31ClN4O4/c25-16-7-19(22(30)28-17-1-2-17)21(26-11-16)27-18-3-4-29(12-18)23(31)33-20-14-5-13-6-15(20)10-24(32,8-13)9-14/h7,11,13-15,17-18,20,32H,1-6,8-10,12H2,(H,26,27)(H,28,30)/t13?,14-,15?,18+,20?,24?/m0/s1. The monoisotopic (exact) mass is 474 g/mol. The number of carbonyl (C=O) groups excluding carboxylic acids is 2. The molecule has 2 amide bonds. The number of hydrogen-bond acceptors (Lipinski definition) is 6. The van der Waals surface area contributed by atoms with Crippen molar-refractivity contribution in [2.75, 3.05) is 18.4 Å². The maximum atomic E-state index is 13.0. The van der Waals surface area contributed by atoms with Crippen LogP contribution in [0, 0.1) is 17.8 Å². The van der Waals surface area contributed by atoms with Gasteiger partial charge in [0.25, 0.3) is 5.91 Å². The summed E-state index contributed by atoms with van der Waals surface area (Å²) in [5.74, 6) is 1.47. The van der Waals surface area contributed by atoms with Crippen LogP contribution in [0.5, 0.6) is 0 Å². The lowest BCUT2D eigenvalue weighted by Gasteiger charge is -2.57. The molecule has 8 nitrogen and oxygen atoms in total. The lowest BCUT2D eigenvalue weighted by atomic mass is 9.53. The normalized spacial score (nSPS) is 36.7. The smallest absolute Gasteiger partial charge is 0.410 e. The number of aliphatic hydroxyl groups is 1. The lowest BCUT2D eigenvalue weighted by molar-refractivity contribution is -0.177. The lowest BCUT2D eigenvalue weighted by Crippen LogP contribution is -2.58. The maximum absolute atomic E-state index is 13.0. The minimum atomic E-state index is -0.531. The van der Waals surface area contributed by atoms with Gasteiger partial charge in [-0.25, -0.2) is 9.78 Å². The number of likely N-dealkylation sites (tertiary alicyclic amines) is 1. The first-order valence-corrected chi connectivity index (χ1v) is 12.6. The van der Waals surface area contributed by atoms with E-state index in [0.29, 0.717) is 35.4 Å². The van der Waals surface area contributed by atoms with E-state index < -0.39 is 5.60 Å². The molecule has 33 heavy (non-hydrogen) atoms. The van der Waals surface area contributed by atoms with Crippen LogP contribution in [0.3, 0.4) is 0 Å². The second-order valence-electron chi connectivity index (χ2n) is 10.9. The van der Waals surface area contributed by atoms with Gasteiger partial charge in [-0.15, -0.1) is 0 Å². The van der Waals surface area contributed by atoms with Crippen LogP contribution in [0.15, 0.2) is 12.3 Å². The summed E-state index contributed by atoms with van der Waals surface area (Å²) >= 11 is 6.09. The molecule has 2 heterocycles. The van der Waals surface area contributed by atoms with Crippen molar-refractivity contribution in [3.05, 3.63) is 22.8 Å². The molecule has 1 aromatic rings. The molecule has 4 unspecified atom stereocenters. The van der Waals surface area contributed by atoms with Crippen molar-refractivity contribution in [1.29, 1.82) is 0 Å². The first-order chi connectivity index (χ1) is 15.8. The molecule has 178 valence electrons. The van der Waals surface area contributed by atoms with Crippen molar-refractivity contribution in [2.24, 2.45) is 17.8 Å². The molecule has 1 saturated heterocycles. The Kier molecular flexibility index (Phi) is 5.21. The highest BCUT2D eigenvalue weighted by molar-refractivity contribution is 6.31. The Bertz CT molecular complexity index is 954. The number of nitrogens with one attached hydrogen (secondary N) is 2. The summed E-state index contributed by atoms with van der Waals surface area (Å²) in [5, 5.41) is 17.5. The highest BCUT2D eigenvalue weighted by atomic mass is 35.5. The second kappa shape index (κ2) is 8.01. The van der Waals surface area contributed by atoms with Gasteiger partial charge in [-0.1, -0.05) is 11.6 Å². The molecule has 0 spiro atoms. The average molecular weight is 475 g/mol. The highest BCUT2D eigenvalue weighted by Gasteiger charge is 2.56. The molecule has 3 N–H and O–H groups in total. The SMILES string of the molecule is O=C(NC1CC1)c1cc(Cl)cnc1N[C@@H]1CCN(C(=O)OC2C3CC4C[C@H]2CC(O)(C4)C3)C1. The summed E-state index contributed by atoms with van der Waals surface area (Å²) < 4.78 is 6.03. The van der Waals surface area contributed by atoms with Gasteiger partial charge >= 0.3 is 6.09 Å². The number of halogens is 1. The van der Waals surface area contributed by atoms with Crippen LogP contribution in [-0.4, -0.2) is 63.9 Å². The van der Waals surface area contributed by atoms with Crippen LogP contribution in [0.2, 0.25) is 5.02 Å². The fourth-order valence-corrected chi connectivity index (χ4v) is 6.93. The summed E-state index contributed by atoms with van der Waals surface area (Å²) in [6.45, 7) is 1.10. The third-order valence-electron chi connectivity index (χ3n) is 8.19. The maximum Gasteiger partial charge on any atom is 0.410 e. The molecule has 0 aromatic carbocycles. The van der Waals surface area contributed by atoms with Gasteiger partial charge in [0.2, 0.25) is 0 Å². The first kappa shape index (κ1) is 21.5. The number of hydrogen-bond donors (Lipinski definition) is 3. The van der Waals surface area contributed by atoms with E-state index in [1.807, 2.05) is 0 Å². The van der Waals surface area contributed by atoms with E-state index in [2.05, 4.69) is 15.6 Å². The topological polar surface area (TPSA) is 104 Å². The van der Waals surface area contributed by atoms with Gasteiger partial charge in [0.15, 0.2) is 0 Å². The van der Waals surface area contributed by atoms with Gasteiger partial charge in [-0.2, -0.15) is 0 Å². The molecule has 5 aliphatic carbocycles. The quantitative estimate of drug-likeness (QED) is 0.605. The Morgan fingerprint density at radius 3 is 2.61 bits per heavy atom. The number of carbonyl (C=O) groups is 2. The van der Waals surface area contributed by atoms with Gasteiger partial charge < -0.3 is 25.4 Å². The van der Waals surface area contributed by atoms with Crippen molar-refractivity contribution in [3.63, 3.8) is 0 Å². The number of nitrogens with zero attached hydrogens (tertiary/aromatic N) is 2. The molecule has 0 radical (unpaired) electrons. The van der Waals surface area contributed by atoms with E-state index in [4.69, 9.17) is 16.3 Å². The van der Waals surface area contributed by atoms with E-state index >= 15 is 0 Å². The van der Waals surface area contributed by atoms with Crippen LogP contribution in [0.4, 0.5) is 10.6 Å². The third-order valence-corrected chi connectivity index (χ3v) is 8.40. The zero-order valence-electron chi connectivity index (χ0n) is 18.6. The minimum absolute atomic E-state index is 0.0158. The predicted octanol–water partition coefficient (Wildman–Crippen LogP) is 3.19. The Morgan fingerprint density at radius 2 is 1.91 bits per heavy atom. The molecule has 4 bridgehead atoms. The fourth-order valence-electron chi connectivity index (χ4n) is 6.77. The number of pyridine rings is 1. The van der Waals surface area contributed by atoms with Crippen LogP contribution >= 0.6 is 11.6 Å². The van der Waals surface area contributed by atoms with Crippen LogP contribution < -0.4 is 10.6 Å². The Hall–Kier alpha value is -2.06. The minimum Gasteiger partial charge on any atom is -0.446 e. The molecular weight excluding hydrogens is 444 g/mol. The van der Waals surface area contributed by atoms with Crippen molar-refractivity contribution in [3.8, 4) is 0 Å². The first-order valence-electron chi connectivity index (χ1n) is 12.3. The Morgan fingerprint density at radius 1 is 1.15 bits per heavy atom. The van der Waals surface area contributed by atoms with Crippen molar-refractivity contribution < 1.29 is 19.4 Å². The van der Waals surface area contributed by atoms with Crippen LogP contribution in [-0.2, 0) is 4.74 Å². The third kappa shape index (κ3) is 4.28. The summed E-state index contributed by atoms with van der Waals surface area (Å²) in [4.78, 5) is 31.7. The summed E-state index contributed by atoms with van der Waals surface area (Å²) in [5.41, 5.74) is -0.0982. The average Bonchev–Trinajstić information content (AvgIpc) is 3.44. The number of rotatable bonds is 5. The molecule has 9 heteroatoms. The van der Waals surface area contributed by atoms with Gasteiger partial charge in [-0.3, -0.25) is 4.79 Å². The molecule has 1 aliphatic heterocycles. The van der Waals surface area contributed by atoms with E-state index in [1.54, 1.807) is 11.0 Å². The van der Waals surface area contributed by atoms with Crippen LogP contribution in [0.25, 0.3) is 0 Å². The molecular formula is C24H31ClN4O4.